The predicted molar refractivity (Wildman–Crippen MR) is 120 cm³/mol. The van der Waals surface area contributed by atoms with Gasteiger partial charge in [-0.05, 0) is 24.1 Å². The summed E-state index contributed by atoms with van der Waals surface area (Å²) >= 11 is 0. The van der Waals surface area contributed by atoms with Crippen molar-refractivity contribution in [3.8, 4) is 0 Å². The molecule has 1 aromatic rings. The summed E-state index contributed by atoms with van der Waals surface area (Å²) in [6, 6.07) is 8.07. The lowest BCUT2D eigenvalue weighted by Crippen LogP contribution is -2.45. The summed E-state index contributed by atoms with van der Waals surface area (Å²) in [7, 11) is 0. The zero-order valence-electron chi connectivity index (χ0n) is 16.3. The fourth-order valence-corrected chi connectivity index (χ4v) is 3.61. The number of piperazine rings is 1. The highest BCUT2D eigenvalue weighted by Gasteiger charge is 2.27. The highest BCUT2D eigenvalue weighted by molar-refractivity contribution is 5.86. The molecule has 2 fully saturated rings. The summed E-state index contributed by atoms with van der Waals surface area (Å²) in [5, 5.41) is 15.6. The van der Waals surface area contributed by atoms with Crippen molar-refractivity contribution >= 4 is 43.1 Å². The molecule has 6 nitrogen and oxygen atoms in total. The van der Waals surface area contributed by atoms with Crippen molar-refractivity contribution in [1.29, 1.82) is 0 Å². The first-order chi connectivity index (χ1) is 12.2. The molecule has 28 heavy (non-hydrogen) atoms. The van der Waals surface area contributed by atoms with E-state index in [0.29, 0.717) is 19.5 Å². The SMILES string of the molecule is CCN1CCN(Cc2ccccc2CNC(=O)C2CC(O)CN2)CC1.Cl.Cl.Cl. The number of carbonyl (C=O) groups is 1. The van der Waals surface area contributed by atoms with Crippen LogP contribution in [0.5, 0.6) is 0 Å². The molecule has 0 aromatic heterocycles. The van der Waals surface area contributed by atoms with E-state index in [1.54, 1.807) is 0 Å². The number of nitrogens with one attached hydrogen (secondary N) is 2. The van der Waals surface area contributed by atoms with E-state index in [0.717, 1.165) is 39.3 Å². The average Bonchev–Trinajstić information content (AvgIpc) is 3.08. The van der Waals surface area contributed by atoms with Crippen LogP contribution in [0.25, 0.3) is 0 Å². The van der Waals surface area contributed by atoms with Crippen molar-refractivity contribution in [2.24, 2.45) is 0 Å². The van der Waals surface area contributed by atoms with Crippen molar-refractivity contribution in [2.45, 2.75) is 38.6 Å². The van der Waals surface area contributed by atoms with Crippen molar-refractivity contribution in [1.82, 2.24) is 20.4 Å². The Labute approximate surface area is 186 Å². The number of amides is 1. The molecule has 2 aliphatic heterocycles. The predicted octanol–water partition coefficient (Wildman–Crippen LogP) is 1.43. The van der Waals surface area contributed by atoms with Gasteiger partial charge in [-0.3, -0.25) is 9.69 Å². The van der Waals surface area contributed by atoms with E-state index in [2.05, 4.69) is 45.6 Å². The Hall–Kier alpha value is -0.600. The molecule has 1 amide bonds. The second kappa shape index (κ2) is 13.6. The second-order valence-corrected chi connectivity index (χ2v) is 7.05. The molecule has 3 N–H and O–H groups in total. The molecule has 0 saturated carbocycles. The van der Waals surface area contributed by atoms with Gasteiger partial charge in [-0.25, -0.2) is 0 Å². The summed E-state index contributed by atoms with van der Waals surface area (Å²) in [6.07, 6.45) is 0.0830. The van der Waals surface area contributed by atoms with Gasteiger partial charge in [0.25, 0.3) is 0 Å². The van der Waals surface area contributed by atoms with Crippen molar-refractivity contribution < 1.29 is 9.90 Å². The highest BCUT2D eigenvalue weighted by atomic mass is 35.5. The number of hydrogen-bond acceptors (Lipinski definition) is 5. The van der Waals surface area contributed by atoms with Crippen LogP contribution in [0.3, 0.4) is 0 Å². The maximum absolute atomic E-state index is 12.2. The number of benzene rings is 1. The molecule has 0 radical (unpaired) electrons. The van der Waals surface area contributed by atoms with Gasteiger partial charge in [0, 0.05) is 45.8 Å². The summed E-state index contributed by atoms with van der Waals surface area (Å²) in [5.41, 5.74) is 2.46. The molecule has 2 aliphatic rings. The van der Waals surface area contributed by atoms with Gasteiger partial charge in [0.05, 0.1) is 12.1 Å². The Kier molecular flexibility index (Phi) is 13.3. The summed E-state index contributed by atoms with van der Waals surface area (Å²) in [6.45, 7) is 9.76. The molecule has 2 saturated heterocycles. The lowest BCUT2D eigenvalue weighted by molar-refractivity contribution is -0.123. The number of likely N-dealkylation sites (N-methyl/N-ethyl adjacent to an activating group) is 1. The molecule has 0 bridgehead atoms. The third kappa shape index (κ3) is 7.67. The van der Waals surface area contributed by atoms with Crippen molar-refractivity contribution in [2.75, 3.05) is 39.3 Å². The number of β-amino-alcohol motifs (C(OH)–C–C–N with tert-alkyl or cyclic N) is 1. The highest BCUT2D eigenvalue weighted by Crippen LogP contribution is 2.14. The number of aliphatic hydroxyl groups is 1. The fraction of sp³-hybridized carbons (Fsp3) is 0.632. The van der Waals surface area contributed by atoms with Crippen molar-refractivity contribution in [3.05, 3.63) is 35.4 Å². The normalized spacial score (nSPS) is 22.5. The van der Waals surface area contributed by atoms with E-state index < -0.39 is 6.10 Å². The van der Waals surface area contributed by atoms with E-state index in [9.17, 15) is 9.90 Å². The largest absolute Gasteiger partial charge is 0.392 e. The van der Waals surface area contributed by atoms with E-state index in [1.165, 1.54) is 11.1 Å². The molecule has 2 atom stereocenters. The Bertz CT molecular complexity index is 586. The number of hydrogen-bond donors (Lipinski definition) is 3. The monoisotopic (exact) mass is 454 g/mol. The van der Waals surface area contributed by atoms with Crippen LogP contribution in [0.1, 0.15) is 24.5 Å². The maximum atomic E-state index is 12.2. The molecule has 162 valence electrons. The van der Waals surface area contributed by atoms with Crippen LogP contribution in [0.2, 0.25) is 0 Å². The minimum atomic E-state index is -0.412. The van der Waals surface area contributed by atoms with Gasteiger partial charge >= 0.3 is 0 Å². The molecule has 2 unspecified atom stereocenters. The standard InChI is InChI=1S/C19H30N4O2.3ClH/c1-2-22-7-9-23(10-8-22)14-16-6-4-3-5-15(16)12-21-19(25)18-11-17(24)13-20-18;;;/h3-6,17-18,20,24H,2,7-14H2,1H3,(H,21,25);3*1H. The first-order valence-electron chi connectivity index (χ1n) is 9.36. The molecular weight excluding hydrogens is 423 g/mol. The molecule has 2 heterocycles. The van der Waals surface area contributed by atoms with Gasteiger partial charge in [-0.2, -0.15) is 0 Å². The first-order valence-corrected chi connectivity index (χ1v) is 9.36. The second-order valence-electron chi connectivity index (χ2n) is 7.05. The van der Waals surface area contributed by atoms with Gasteiger partial charge in [0.15, 0.2) is 0 Å². The minimum absolute atomic E-state index is 0. The number of rotatable bonds is 6. The van der Waals surface area contributed by atoms with E-state index in [1.807, 2.05) is 6.07 Å². The molecule has 3 rings (SSSR count). The molecule has 0 aliphatic carbocycles. The summed E-state index contributed by atoms with van der Waals surface area (Å²) in [5.74, 6) is -0.0251. The molecule has 1 aromatic carbocycles. The minimum Gasteiger partial charge on any atom is -0.392 e. The number of carbonyl (C=O) groups excluding carboxylic acids is 1. The molecule has 9 heteroatoms. The Balaban J connectivity index is 0.00000243. The Morgan fingerprint density at radius 2 is 1.71 bits per heavy atom. The van der Waals surface area contributed by atoms with Gasteiger partial charge in [0.2, 0.25) is 5.91 Å². The van der Waals surface area contributed by atoms with Crippen LogP contribution in [-0.4, -0.2) is 72.2 Å². The lowest BCUT2D eigenvalue weighted by atomic mass is 10.1. The van der Waals surface area contributed by atoms with Crippen LogP contribution >= 0.6 is 37.2 Å². The van der Waals surface area contributed by atoms with Crippen molar-refractivity contribution in [3.63, 3.8) is 0 Å². The molecule has 0 spiro atoms. The van der Waals surface area contributed by atoms with E-state index in [-0.39, 0.29) is 49.2 Å². The van der Waals surface area contributed by atoms with Crippen LogP contribution in [-0.2, 0) is 17.9 Å². The third-order valence-electron chi connectivity index (χ3n) is 5.30. The van der Waals surface area contributed by atoms with Gasteiger partial charge in [-0.15, -0.1) is 37.2 Å². The third-order valence-corrected chi connectivity index (χ3v) is 5.30. The van der Waals surface area contributed by atoms with Crippen LogP contribution in [0.15, 0.2) is 24.3 Å². The Morgan fingerprint density at radius 3 is 2.29 bits per heavy atom. The summed E-state index contributed by atoms with van der Waals surface area (Å²) < 4.78 is 0. The van der Waals surface area contributed by atoms with Gasteiger partial charge < -0.3 is 20.6 Å². The quantitative estimate of drug-likeness (QED) is 0.605. The van der Waals surface area contributed by atoms with E-state index in [4.69, 9.17) is 0 Å². The van der Waals surface area contributed by atoms with Gasteiger partial charge in [0.1, 0.15) is 0 Å². The average molecular weight is 456 g/mol. The fourth-order valence-electron chi connectivity index (χ4n) is 3.61. The summed E-state index contributed by atoms with van der Waals surface area (Å²) in [4.78, 5) is 17.2. The van der Waals surface area contributed by atoms with Crippen LogP contribution in [0, 0.1) is 0 Å². The number of nitrogens with zero attached hydrogens (tertiary/aromatic N) is 2. The Morgan fingerprint density at radius 1 is 1.11 bits per heavy atom. The van der Waals surface area contributed by atoms with Gasteiger partial charge in [-0.1, -0.05) is 31.2 Å². The first kappa shape index (κ1) is 27.4. The number of halogens is 3. The lowest BCUT2D eigenvalue weighted by Gasteiger charge is -2.34. The smallest absolute Gasteiger partial charge is 0.237 e. The maximum Gasteiger partial charge on any atom is 0.237 e. The number of aliphatic hydroxyl groups excluding tert-OH is 1. The van der Waals surface area contributed by atoms with Crippen LogP contribution < -0.4 is 10.6 Å². The zero-order valence-corrected chi connectivity index (χ0v) is 18.8. The zero-order chi connectivity index (χ0) is 17.6. The van der Waals surface area contributed by atoms with Crippen LogP contribution in [0.4, 0.5) is 0 Å². The van der Waals surface area contributed by atoms with E-state index >= 15 is 0 Å². The topological polar surface area (TPSA) is 67.8 Å². The molecular formula is C19H33Cl3N4O2.